The summed E-state index contributed by atoms with van der Waals surface area (Å²) in [5, 5.41) is 8.04. The van der Waals surface area contributed by atoms with E-state index in [1.807, 2.05) is 67.9 Å². The van der Waals surface area contributed by atoms with Crippen LogP contribution in [0, 0.1) is 6.92 Å². The molecule has 34 heavy (non-hydrogen) atoms. The minimum absolute atomic E-state index is 0.0864. The number of hydrogen-bond donors (Lipinski definition) is 1. The molecule has 174 valence electrons. The average Bonchev–Trinajstić information content (AvgIpc) is 3.24. The number of anilines is 1. The van der Waals surface area contributed by atoms with Crippen LogP contribution in [0.25, 0.3) is 22.3 Å². The number of hydrogen-bond acceptors (Lipinski definition) is 5. The zero-order valence-electron chi connectivity index (χ0n) is 19.9. The number of carbonyl (C=O) groups excluding carboxylic acids is 2. The lowest BCUT2D eigenvalue weighted by Crippen LogP contribution is -2.17. The Morgan fingerprint density at radius 3 is 2.44 bits per heavy atom. The molecule has 2 heterocycles. The highest BCUT2D eigenvalue weighted by Gasteiger charge is 2.20. The maximum Gasteiger partial charge on any atom is 0.286 e. The van der Waals surface area contributed by atoms with Gasteiger partial charge in [-0.2, -0.15) is 5.10 Å². The Kier molecular flexibility index (Phi) is 6.70. The summed E-state index contributed by atoms with van der Waals surface area (Å²) >= 11 is 1.07. The van der Waals surface area contributed by atoms with E-state index in [0.717, 1.165) is 22.9 Å². The van der Waals surface area contributed by atoms with Crippen molar-refractivity contribution in [2.75, 3.05) is 19.4 Å². The molecule has 2 aromatic carbocycles. The summed E-state index contributed by atoms with van der Waals surface area (Å²) in [6.45, 7) is 6.09. The maximum atomic E-state index is 13.5. The third-order valence-corrected chi connectivity index (χ3v) is 6.46. The van der Waals surface area contributed by atoms with Crippen molar-refractivity contribution in [3.8, 4) is 11.3 Å². The molecular weight excluding hydrogens is 446 g/mol. The van der Waals surface area contributed by atoms with Gasteiger partial charge in [-0.15, -0.1) is 0 Å². The maximum absolute atomic E-state index is 13.5. The Morgan fingerprint density at radius 2 is 1.76 bits per heavy atom. The van der Waals surface area contributed by atoms with Gasteiger partial charge in [-0.3, -0.25) is 9.59 Å². The summed E-state index contributed by atoms with van der Waals surface area (Å²) < 4.78 is 1.82. The Bertz CT molecular complexity index is 1360. The number of pyridine rings is 1. The highest BCUT2D eigenvalue weighted by molar-refractivity contribution is 8.13. The van der Waals surface area contributed by atoms with Crippen LogP contribution in [0.15, 0.2) is 65.7 Å². The van der Waals surface area contributed by atoms with Gasteiger partial charge in [-0.25, -0.2) is 9.67 Å². The average molecular weight is 474 g/mol. The van der Waals surface area contributed by atoms with E-state index in [0.29, 0.717) is 32.9 Å². The SMILES string of the molecule is Cc1ccc(-c2cc(C(=O)Nc3ccccc3SC(=O)N(C)C)c3cnn(C(C)C)c3n2)cc1. The van der Waals surface area contributed by atoms with Gasteiger partial charge in [0.25, 0.3) is 11.1 Å². The van der Waals surface area contributed by atoms with E-state index < -0.39 is 0 Å². The van der Waals surface area contributed by atoms with Crippen molar-refractivity contribution >= 4 is 39.6 Å². The summed E-state index contributed by atoms with van der Waals surface area (Å²) in [7, 11) is 3.40. The molecule has 0 fully saturated rings. The van der Waals surface area contributed by atoms with Crippen molar-refractivity contribution in [3.05, 3.63) is 71.9 Å². The van der Waals surface area contributed by atoms with Gasteiger partial charge in [-0.05, 0) is 50.7 Å². The second-order valence-electron chi connectivity index (χ2n) is 8.55. The molecule has 0 spiro atoms. The van der Waals surface area contributed by atoms with E-state index in [1.165, 1.54) is 4.90 Å². The lowest BCUT2D eigenvalue weighted by molar-refractivity contribution is 0.102. The molecule has 0 radical (unpaired) electrons. The highest BCUT2D eigenvalue weighted by atomic mass is 32.2. The van der Waals surface area contributed by atoms with Crippen LogP contribution in [0.2, 0.25) is 0 Å². The lowest BCUT2D eigenvalue weighted by Gasteiger charge is -2.14. The van der Waals surface area contributed by atoms with Crippen molar-refractivity contribution in [1.82, 2.24) is 19.7 Å². The second-order valence-corrected chi connectivity index (χ2v) is 9.55. The lowest BCUT2D eigenvalue weighted by atomic mass is 10.0. The molecule has 4 rings (SSSR count). The third kappa shape index (κ3) is 4.82. The zero-order valence-corrected chi connectivity index (χ0v) is 20.7. The number of aryl methyl sites for hydroxylation is 1. The number of nitrogens with zero attached hydrogens (tertiary/aromatic N) is 4. The van der Waals surface area contributed by atoms with Crippen molar-refractivity contribution in [2.24, 2.45) is 0 Å². The van der Waals surface area contributed by atoms with Crippen molar-refractivity contribution in [2.45, 2.75) is 31.7 Å². The largest absolute Gasteiger partial charge is 0.339 e. The molecule has 1 N–H and O–H groups in total. The van der Waals surface area contributed by atoms with E-state index in [-0.39, 0.29) is 17.2 Å². The first-order valence-electron chi connectivity index (χ1n) is 11.0. The summed E-state index contributed by atoms with van der Waals surface area (Å²) in [5.41, 5.74) is 4.48. The number of para-hydroxylation sites is 1. The smallest absolute Gasteiger partial charge is 0.286 e. The van der Waals surface area contributed by atoms with Crippen molar-refractivity contribution < 1.29 is 9.59 Å². The predicted molar refractivity (Wildman–Crippen MR) is 137 cm³/mol. The minimum Gasteiger partial charge on any atom is -0.339 e. The highest BCUT2D eigenvalue weighted by Crippen LogP contribution is 2.31. The van der Waals surface area contributed by atoms with Crippen LogP contribution in [0.4, 0.5) is 10.5 Å². The van der Waals surface area contributed by atoms with Crippen LogP contribution in [0.1, 0.15) is 35.8 Å². The summed E-state index contributed by atoms with van der Waals surface area (Å²) in [6, 6.07) is 17.2. The number of carbonyl (C=O) groups is 2. The van der Waals surface area contributed by atoms with Crippen molar-refractivity contribution in [1.29, 1.82) is 0 Å². The van der Waals surface area contributed by atoms with Crippen LogP contribution in [-0.2, 0) is 0 Å². The molecular formula is C26H27N5O2S. The van der Waals surface area contributed by atoms with Crippen LogP contribution >= 0.6 is 11.8 Å². The zero-order chi connectivity index (χ0) is 24.4. The van der Waals surface area contributed by atoms with Crippen molar-refractivity contribution in [3.63, 3.8) is 0 Å². The predicted octanol–water partition coefficient (Wildman–Crippen LogP) is 6.01. The van der Waals surface area contributed by atoms with Gasteiger partial charge >= 0.3 is 0 Å². The van der Waals surface area contributed by atoms with E-state index in [4.69, 9.17) is 4.98 Å². The first kappa shape index (κ1) is 23.5. The third-order valence-electron chi connectivity index (χ3n) is 5.35. The number of thioether (sulfide) groups is 1. The van der Waals surface area contributed by atoms with Gasteiger partial charge in [0.05, 0.1) is 28.5 Å². The molecule has 0 aliphatic carbocycles. The van der Waals surface area contributed by atoms with E-state index in [2.05, 4.69) is 10.4 Å². The van der Waals surface area contributed by atoms with Gasteiger partial charge in [0, 0.05) is 30.6 Å². The number of nitrogens with one attached hydrogen (secondary N) is 1. The molecule has 0 unspecified atom stereocenters. The first-order chi connectivity index (χ1) is 16.2. The number of aromatic nitrogens is 3. The second kappa shape index (κ2) is 9.69. The quantitative estimate of drug-likeness (QED) is 0.359. The van der Waals surface area contributed by atoms with Crippen LogP contribution < -0.4 is 5.32 Å². The fourth-order valence-corrected chi connectivity index (χ4v) is 4.24. The van der Waals surface area contributed by atoms with Crippen LogP contribution in [-0.4, -0.2) is 44.9 Å². The van der Waals surface area contributed by atoms with Crippen LogP contribution in [0.5, 0.6) is 0 Å². The molecule has 2 aromatic heterocycles. The Balaban J connectivity index is 1.78. The molecule has 0 bridgehead atoms. The van der Waals surface area contributed by atoms with Gasteiger partial charge in [0.1, 0.15) is 0 Å². The normalized spacial score (nSPS) is 11.1. The number of rotatable bonds is 5. The molecule has 0 aliphatic rings. The van der Waals surface area contributed by atoms with E-state index >= 15 is 0 Å². The van der Waals surface area contributed by atoms with E-state index in [9.17, 15) is 9.59 Å². The first-order valence-corrected chi connectivity index (χ1v) is 11.8. The molecule has 0 aliphatic heterocycles. The molecule has 7 nitrogen and oxygen atoms in total. The van der Waals surface area contributed by atoms with E-state index in [1.54, 1.807) is 32.4 Å². The van der Waals surface area contributed by atoms with Crippen LogP contribution in [0.3, 0.4) is 0 Å². The van der Waals surface area contributed by atoms with Gasteiger partial charge < -0.3 is 10.2 Å². The number of amides is 2. The molecule has 0 atom stereocenters. The Labute approximate surface area is 203 Å². The summed E-state index contributed by atoms with van der Waals surface area (Å²) in [5.74, 6) is -0.283. The molecule has 0 saturated heterocycles. The molecule has 4 aromatic rings. The monoisotopic (exact) mass is 473 g/mol. The fourth-order valence-electron chi connectivity index (χ4n) is 3.49. The molecule has 0 saturated carbocycles. The number of fused-ring (bicyclic) bond motifs is 1. The Morgan fingerprint density at radius 1 is 1.06 bits per heavy atom. The fraction of sp³-hybridized carbons (Fsp3) is 0.231. The Hall–Kier alpha value is -3.65. The molecule has 2 amide bonds. The number of benzene rings is 2. The topological polar surface area (TPSA) is 80.1 Å². The minimum atomic E-state index is -0.283. The van der Waals surface area contributed by atoms with Gasteiger partial charge in [-0.1, -0.05) is 42.0 Å². The molecule has 8 heteroatoms. The summed E-state index contributed by atoms with van der Waals surface area (Å²) in [4.78, 5) is 32.8. The van der Waals surface area contributed by atoms with Gasteiger partial charge in [0.2, 0.25) is 0 Å². The van der Waals surface area contributed by atoms with Gasteiger partial charge in [0.15, 0.2) is 5.65 Å². The summed E-state index contributed by atoms with van der Waals surface area (Å²) in [6.07, 6.45) is 1.69. The standard InChI is InChI=1S/C26H27N5O2S/c1-16(2)31-24-20(15-27-31)19(14-22(28-24)18-12-10-17(3)11-13-18)25(32)29-21-8-6-7-9-23(21)34-26(33)30(4)5/h6-16H,1-5H3,(H,29,32).